The average molecular weight is 847 g/mol. The van der Waals surface area contributed by atoms with Crippen LogP contribution in [0.4, 0.5) is 11.4 Å². The van der Waals surface area contributed by atoms with Crippen molar-refractivity contribution in [3.05, 3.63) is 95.6 Å². The zero-order valence-electron chi connectivity index (χ0n) is 36.9. The Balaban J connectivity index is 0.000000236. The summed E-state index contributed by atoms with van der Waals surface area (Å²) < 4.78 is 4.98. The Hall–Kier alpha value is -5.55. The van der Waals surface area contributed by atoms with Gasteiger partial charge in [-0.2, -0.15) is 0 Å². The zero-order chi connectivity index (χ0) is 44.3. The molecule has 2 heterocycles. The summed E-state index contributed by atoms with van der Waals surface area (Å²) in [7, 11) is 0. The molecule has 0 spiro atoms. The molecule has 0 atom stereocenters. The van der Waals surface area contributed by atoms with E-state index in [1.807, 2.05) is 60.7 Å². The number of nitrogens with zero attached hydrogens (tertiary/aromatic N) is 2. The first-order chi connectivity index (χ1) is 30.3. The summed E-state index contributed by atoms with van der Waals surface area (Å²) in [6.07, 6.45) is 17.2. The highest BCUT2D eigenvalue weighted by Gasteiger charge is 2.34. The molecule has 11 nitrogen and oxygen atoms in total. The highest BCUT2D eigenvalue weighted by atomic mass is 16.5. The molecular formula is C51H66N4O7. The van der Waals surface area contributed by atoms with Crippen molar-refractivity contribution in [3.8, 4) is 0 Å². The second-order valence-corrected chi connectivity index (χ2v) is 16.2. The third kappa shape index (κ3) is 12.1. The number of hydrogen-bond donors (Lipinski definition) is 3. The van der Waals surface area contributed by atoms with Crippen LogP contribution in [0, 0.1) is 0 Å². The van der Waals surface area contributed by atoms with Gasteiger partial charge < -0.3 is 20.5 Å². The van der Waals surface area contributed by atoms with Gasteiger partial charge in [-0.3, -0.25) is 29.0 Å². The highest BCUT2D eigenvalue weighted by Crippen LogP contribution is 2.36. The van der Waals surface area contributed by atoms with Gasteiger partial charge in [0.25, 0.3) is 23.6 Å². The number of unbranched alkanes of at least 4 members (excludes halogenated alkanes) is 12. The lowest BCUT2D eigenvalue weighted by molar-refractivity contribution is -0.137. The van der Waals surface area contributed by atoms with Crippen LogP contribution in [0.25, 0.3) is 21.5 Å². The molecule has 0 aliphatic carbocycles. The van der Waals surface area contributed by atoms with Crippen LogP contribution < -0.4 is 10.6 Å². The molecule has 0 unspecified atom stereocenters. The van der Waals surface area contributed by atoms with E-state index >= 15 is 0 Å². The monoisotopic (exact) mass is 846 g/mol. The van der Waals surface area contributed by atoms with Crippen molar-refractivity contribution in [1.29, 1.82) is 0 Å². The molecule has 0 saturated carbocycles. The minimum atomic E-state index is -0.379. The smallest absolute Gasteiger partial charge is 0.330 e. The van der Waals surface area contributed by atoms with E-state index in [0.29, 0.717) is 42.0 Å². The fourth-order valence-corrected chi connectivity index (χ4v) is 8.25. The largest absolute Gasteiger partial charge is 0.463 e. The molecule has 2 aliphatic heterocycles. The lowest BCUT2D eigenvalue weighted by Gasteiger charge is -2.28. The Labute approximate surface area is 367 Å². The first kappa shape index (κ1) is 47.5. The zero-order valence-corrected chi connectivity index (χ0v) is 36.9. The first-order valence-electron chi connectivity index (χ1n) is 23.0. The van der Waals surface area contributed by atoms with Crippen LogP contribution in [-0.2, 0) is 9.53 Å². The lowest BCUT2D eigenvalue weighted by Crippen LogP contribution is -2.40. The Morgan fingerprint density at radius 2 is 0.984 bits per heavy atom. The van der Waals surface area contributed by atoms with Gasteiger partial charge in [-0.1, -0.05) is 102 Å². The van der Waals surface area contributed by atoms with Gasteiger partial charge in [0.1, 0.15) is 0 Å². The van der Waals surface area contributed by atoms with E-state index in [0.717, 1.165) is 149 Å². The number of imide groups is 2. The van der Waals surface area contributed by atoms with Crippen molar-refractivity contribution in [2.24, 2.45) is 0 Å². The van der Waals surface area contributed by atoms with Gasteiger partial charge in [0, 0.05) is 94.0 Å². The van der Waals surface area contributed by atoms with Gasteiger partial charge in [0.2, 0.25) is 0 Å². The molecule has 4 amide bonds. The number of carbonyl (C=O) groups excluding carboxylic acids is 5. The van der Waals surface area contributed by atoms with Crippen molar-refractivity contribution in [1.82, 2.24) is 9.80 Å². The molecule has 4 aromatic rings. The van der Waals surface area contributed by atoms with E-state index < -0.39 is 0 Å². The van der Waals surface area contributed by atoms with Crippen LogP contribution in [0.3, 0.4) is 0 Å². The van der Waals surface area contributed by atoms with E-state index in [4.69, 9.17) is 9.84 Å². The van der Waals surface area contributed by atoms with Crippen LogP contribution in [-0.4, -0.2) is 83.9 Å². The Morgan fingerprint density at radius 1 is 0.565 bits per heavy atom. The van der Waals surface area contributed by atoms with Gasteiger partial charge in [-0.05, 0) is 81.3 Å². The normalized spacial score (nSPS) is 13.1. The predicted molar refractivity (Wildman–Crippen MR) is 249 cm³/mol. The maximum atomic E-state index is 13.1. The highest BCUT2D eigenvalue weighted by molar-refractivity contribution is 6.27. The fraction of sp³-hybridized carbons (Fsp3) is 0.471. The first-order valence-corrected chi connectivity index (χ1v) is 23.0. The van der Waals surface area contributed by atoms with Crippen LogP contribution in [0.2, 0.25) is 0 Å². The molecule has 0 fully saturated rings. The van der Waals surface area contributed by atoms with E-state index in [2.05, 4.69) is 31.1 Å². The number of benzene rings is 4. The average Bonchev–Trinajstić information content (AvgIpc) is 3.29. The summed E-state index contributed by atoms with van der Waals surface area (Å²) in [4.78, 5) is 66.0. The van der Waals surface area contributed by atoms with Gasteiger partial charge in [-0.25, -0.2) is 4.79 Å². The number of anilines is 2. The molecule has 11 heteroatoms. The molecule has 2 aliphatic rings. The molecule has 62 heavy (non-hydrogen) atoms. The van der Waals surface area contributed by atoms with Crippen LogP contribution >= 0.6 is 0 Å². The van der Waals surface area contributed by atoms with Crippen molar-refractivity contribution in [3.63, 3.8) is 0 Å². The third-order valence-electron chi connectivity index (χ3n) is 11.7. The number of nitrogens with one attached hydrogen (secondary N) is 2. The van der Waals surface area contributed by atoms with Crippen molar-refractivity contribution in [2.45, 2.75) is 117 Å². The van der Waals surface area contributed by atoms with Gasteiger partial charge in [0.15, 0.2) is 0 Å². The predicted octanol–water partition coefficient (Wildman–Crippen LogP) is 10.7. The van der Waals surface area contributed by atoms with Gasteiger partial charge in [0.05, 0.1) is 6.61 Å². The molecule has 332 valence electrons. The molecule has 0 saturated heterocycles. The number of aliphatic hydroxyl groups excluding tert-OH is 1. The number of amides is 4. The maximum Gasteiger partial charge on any atom is 0.330 e. The summed E-state index contributed by atoms with van der Waals surface area (Å²) in [5.41, 5.74) is 4.36. The second-order valence-electron chi connectivity index (χ2n) is 16.2. The van der Waals surface area contributed by atoms with E-state index in [-0.39, 0.29) is 36.2 Å². The Kier molecular flexibility index (Phi) is 19.0. The number of hydrogen-bond acceptors (Lipinski definition) is 9. The molecular weight excluding hydrogens is 781 g/mol. The standard InChI is InChI=1S/C27H34N2O4.C24H32N2O3/c1-3-5-6-10-18-29-26(31)21-14-12-13-20-23(16-15-22(25(20)21)27(29)32)28-17-9-7-8-11-19-33-24(30)4-2;1-2-3-4-8-16-26-23(28)19-12-10-11-18-21(25-15-7-5-6-9-17-27)14-13-20(22(18)19)24(26)29/h4,12-16,28H,2-3,5-11,17-19H2,1H3;10-14,25,27H,2-9,15-17H2,1H3. The Morgan fingerprint density at radius 3 is 1.42 bits per heavy atom. The lowest BCUT2D eigenvalue weighted by atomic mass is 9.92. The van der Waals surface area contributed by atoms with Gasteiger partial charge in [-0.15, -0.1) is 0 Å². The number of carbonyl (C=O) groups is 5. The van der Waals surface area contributed by atoms with Crippen LogP contribution in [0.15, 0.2) is 73.3 Å². The van der Waals surface area contributed by atoms with Crippen LogP contribution in [0.1, 0.15) is 158 Å². The summed E-state index contributed by atoms with van der Waals surface area (Å²) >= 11 is 0. The number of rotatable bonds is 26. The molecule has 4 aromatic carbocycles. The second kappa shape index (κ2) is 24.8. The Bertz CT molecular complexity index is 2140. The molecule has 0 bridgehead atoms. The quantitative estimate of drug-likeness (QED) is 0.0243. The van der Waals surface area contributed by atoms with Gasteiger partial charge >= 0.3 is 5.97 Å². The van der Waals surface area contributed by atoms with E-state index in [1.54, 1.807) is 0 Å². The SMILES string of the molecule is C=CC(=O)OCCCCCCNc1ccc2c3c(cccc13)C(=O)N(CCCCCC)C2=O.CCCCCCN1C(=O)c2cccc3c(NCCCCCCO)ccc(c23)C1=O. The molecule has 0 radical (unpaired) electrons. The summed E-state index contributed by atoms with van der Waals surface area (Å²) in [5.74, 6) is -1.11. The minimum Gasteiger partial charge on any atom is -0.463 e. The summed E-state index contributed by atoms with van der Waals surface area (Å²) in [6.45, 7) is 10.9. The van der Waals surface area contributed by atoms with Crippen molar-refractivity contribution in [2.75, 3.05) is 50.0 Å². The number of esters is 1. The van der Waals surface area contributed by atoms with Crippen molar-refractivity contribution < 1.29 is 33.8 Å². The van der Waals surface area contributed by atoms with E-state index in [9.17, 15) is 24.0 Å². The summed E-state index contributed by atoms with van der Waals surface area (Å²) in [6, 6.07) is 19.0. The fourth-order valence-electron chi connectivity index (χ4n) is 8.25. The molecule has 0 aromatic heterocycles. The molecule has 6 rings (SSSR count). The van der Waals surface area contributed by atoms with E-state index in [1.165, 1.54) is 15.9 Å². The number of ether oxygens (including phenoxy) is 1. The topological polar surface area (TPSA) is 145 Å². The third-order valence-corrected chi connectivity index (χ3v) is 11.7. The van der Waals surface area contributed by atoms with Crippen LogP contribution in [0.5, 0.6) is 0 Å². The number of aliphatic hydroxyl groups is 1. The summed E-state index contributed by atoms with van der Waals surface area (Å²) in [5, 5.41) is 19.2. The molecule has 3 N–H and O–H groups in total. The minimum absolute atomic E-state index is 0.175. The maximum absolute atomic E-state index is 13.1. The van der Waals surface area contributed by atoms with Crippen molar-refractivity contribution >= 4 is 62.5 Å².